The fourth-order valence-electron chi connectivity index (χ4n) is 4.26. The molecule has 32 heavy (non-hydrogen) atoms. The number of aromatic nitrogens is 2. The largest absolute Gasteiger partial charge is 0.310 e. The van der Waals surface area contributed by atoms with Crippen molar-refractivity contribution in [3.8, 4) is 0 Å². The number of nitrogens with zero attached hydrogens (tertiary/aromatic N) is 2. The number of amides is 1. The Balaban J connectivity index is 1.51. The summed E-state index contributed by atoms with van der Waals surface area (Å²) in [5, 5.41) is 2.91. The first kappa shape index (κ1) is 22.2. The first-order valence-corrected chi connectivity index (χ1v) is 11.9. The highest BCUT2D eigenvalue weighted by Gasteiger charge is 2.41. The molecule has 2 heterocycles. The first-order valence-electron chi connectivity index (χ1n) is 10.9. The summed E-state index contributed by atoms with van der Waals surface area (Å²) in [6, 6.07) is 13.7. The van der Waals surface area contributed by atoms with Crippen molar-refractivity contribution >= 4 is 29.3 Å². The van der Waals surface area contributed by atoms with Crippen molar-refractivity contribution < 1.29 is 9.59 Å². The van der Waals surface area contributed by atoms with Gasteiger partial charge in [0.05, 0.1) is 17.5 Å². The van der Waals surface area contributed by atoms with Crippen LogP contribution < -0.4 is 5.32 Å². The van der Waals surface area contributed by atoms with E-state index in [0.717, 1.165) is 28.1 Å². The second-order valence-corrected chi connectivity index (χ2v) is 9.69. The average Bonchev–Trinajstić information content (AvgIpc) is 2.78. The molecule has 0 aliphatic heterocycles. The van der Waals surface area contributed by atoms with Crippen LogP contribution in [0.1, 0.15) is 53.0 Å². The summed E-state index contributed by atoms with van der Waals surface area (Å²) in [5.41, 5.74) is 3.54. The summed E-state index contributed by atoms with van der Waals surface area (Å²) >= 11 is 1.78. The van der Waals surface area contributed by atoms with Gasteiger partial charge in [-0.2, -0.15) is 0 Å². The first-order chi connectivity index (χ1) is 15.4. The Bertz CT molecular complexity index is 1150. The standard InChI is InChI=1S/C26H27N3O2S/c1-4-32-20-9-7-18(8-10-20)15-23(30)29-22-14-17(2)24-21(28-22)11-12-26(3,25(24)31)19-6-5-13-27-16-19/h5-10,13-14,16H,4,11-12,15H2,1-3H3,(H,28,29,30). The number of benzene rings is 1. The van der Waals surface area contributed by atoms with Crippen molar-refractivity contribution in [2.75, 3.05) is 11.1 Å². The van der Waals surface area contributed by atoms with E-state index in [1.165, 1.54) is 4.90 Å². The maximum atomic E-state index is 13.5. The summed E-state index contributed by atoms with van der Waals surface area (Å²) in [7, 11) is 0. The zero-order valence-corrected chi connectivity index (χ0v) is 19.5. The fourth-order valence-corrected chi connectivity index (χ4v) is 4.92. The number of Topliss-reactive ketones (excluding diaryl/α,β-unsaturated/α-hetero) is 1. The number of carbonyl (C=O) groups is 2. The number of pyridine rings is 2. The predicted octanol–water partition coefficient (Wildman–Crippen LogP) is 5.17. The molecule has 1 aliphatic rings. The molecule has 1 aliphatic carbocycles. The number of hydrogen-bond acceptors (Lipinski definition) is 5. The fraction of sp³-hybridized carbons (Fsp3) is 0.308. The van der Waals surface area contributed by atoms with Gasteiger partial charge in [-0.05, 0) is 73.4 Å². The van der Waals surface area contributed by atoms with Gasteiger partial charge in [0, 0.05) is 22.9 Å². The van der Waals surface area contributed by atoms with Crippen LogP contribution >= 0.6 is 11.8 Å². The van der Waals surface area contributed by atoms with Crippen LogP contribution in [0.2, 0.25) is 0 Å². The van der Waals surface area contributed by atoms with E-state index in [-0.39, 0.29) is 18.1 Å². The number of carbonyl (C=O) groups excluding carboxylic acids is 2. The molecule has 2 aromatic heterocycles. The van der Waals surface area contributed by atoms with Crippen LogP contribution in [0.4, 0.5) is 5.82 Å². The highest BCUT2D eigenvalue weighted by molar-refractivity contribution is 7.99. The van der Waals surface area contributed by atoms with Crippen LogP contribution in [-0.4, -0.2) is 27.4 Å². The summed E-state index contributed by atoms with van der Waals surface area (Å²) in [4.78, 5) is 36.1. The summed E-state index contributed by atoms with van der Waals surface area (Å²) in [6.07, 6.45) is 5.11. The zero-order chi connectivity index (χ0) is 22.7. The van der Waals surface area contributed by atoms with Crippen LogP contribution in [-0.2, 0) is 23.1 Å². The van der Waals surface area contributed by atoms with Gasteiger partial charge in [-0.25, -0.2) is 4.98 Å². The lowest BCUT2D eigenvalue weighted by Gasteiger charge is -2.34. The molecule has 0 fully saturated rings. The van der Waals surface area contributed by atoms with E-state index >= 15 is 0 Å². The average molecular weight is 446 g/mol. The van der Waals surface area contributed by atoms with Gasteiger partial charge >= 0.3 is 0 Å². The number of fused-ring (bicyclic) bond motifs is 1. The van der Waals surface area contributed by atoms with Gasteiger partial charge in [-0.1, -0.05) is 25.1 Å². The number of anilines is 1. The monoisotopic (exact) mass is 445 g/mol. The molecular formula is C26H27N3O2S. The van der Waals surface area contributed by atoms with Crippen molar-refractivity contribution in [3.05, 3.63) is 82.8 Å². The Kier molecular flexibility index (Phi) is 6.42. The molecule has 5 nitrogen and oxygen atoms in total. The quantitative estimate of drug-likeness (QED) is 0.530. The number of rotatable bonds is 6. The second kappa shape index (κ2) is 9.25. The van der Waals surface area contributed by atoms with Crippen LogP contribution in [0.3, 0.4) is 0 Å². The molecule has 1 aromatic carbocycles. The Labute approximate surface area is 193 Å². The van der Waals surface area contributed by atoms with E-state index in [4.69, 9.17) is 0 Å². The summed E-state index contributed by atoms with van der Waals surface area (Å²) in [5.74, 6) is 1.48. The van der Waals surface area contributed by atoms with Crippen molar-refractivity contribution in [1.29, 1.82) is 0 Å². The Morgan fingerprint density at radius 2 is 2.00 bits per heavy atom. The molecule has 0 saturated heterocycles. The smallest absolute Gasteiger partial charge is 0.229 e. The number of thioether (sulfide) groups is 1. The molecule has 3 aromatic rings. The molecular weight excluding hydrogens is 418 g/mol. The van der Waals surface area contributed by atoms with Gasteiger partial charge in [-0.3, -0.25) is 14.6 Å². The third kappa shape index (κ3) is 4.46. The Morgan fingerprint density at radius 1 is 1.22 bits per heavy atom. The topological polar surface area (TPSA) is 72.0 Å². The molecule has 0 bridgehead atoms. The van der Waals surface area contributed by atoms with Crippen molar-refractivity contribution in [2.24, 2.45) is 0 Å². The van der Waals surface area contributed by atoms with E-state index in [1.54, 1.807) is 30.2 Å². The number of nitrogens with one attached hydrogen (secondary N) is 1. The van der Waals surface area contributed by atoms with Crippen molar-refractivity contribution in [2.45, 2.75) is 50.3 Å². The summed E-state index contributed by atoms with van der Waals surface area (Å²) < 4.78 is 0. The molecule has 1 unspecified atom stereocenters. The highest BCUT2D eigenvalue weighted by atomic mass is 32.2. The third-order valence-electron chi connectivity index (χ3n) is 6.05. The van der Waals surface area contributed by atoms with E-state index < -0.39 is 5.41 Å². The van der Waals surface area contributed by atoms with Gasteiger partial charge < -0.3 is 5.32 Å². The van der Waals surface area contributed by atoms with Crippen LogP contribution in [0.25, 0.3) is 0 Å². The Morgan fingerprint density at radius 3 is 2.69 bits per heavy atom. The maximum Gasteiger partial charge on any atom is 0.229 e. The minimum atomic E-state index is -0.610. The van der Waals surface area contributed by atoms with Gasteiger partial charge in [0.15, 0.2) is 5.78 Å². The lowest BCUT2D eigenvalue weighted by atomic mass is 9.68. The molecule has 6 heteroatoms. The molecule has 0 radical (unpaired) electrons. The Hall–Kier alpha value is -2.99. The van der Waals surface area contributed by atoms with Gasteiger partial charge in [-0.15, -0.1) is 11.8 Å². The van der Waals surface area contributed by atoms with E-state index in [1.807, 2.05) is 50.2 Å². The predicted molar refractivity (Wildman–Crippen MR) is 128 cm³/mol. The minimum absolute atomic E-state index is 0.0691. The van der Waals surface area contributed by atoms with Crippen LogP contribution in [0, 0.1) is 6.92 Å². The van der Waals surface area contributed by atoms with Gasteiger partial charge in [0.25, 0.3) is 0 Å². The highest BCUT2D eigenvalue weighted by Crippen LogP contribution is 2.39. The summed E-state index contributed by atoms with van der Waals surface area (Å²) in [6.45, 7) is 6.01. The van der Waals surface area contributed by atoms with E-state index in [9.17, 15) is 9.59 Å². The minimum Gasteiger partial charge on any atom is -0.310 e. The number of ketones is 1. The van der Waals surface area contributed by atoms with Crippen LogP contribution in [0.5, 0.6) is 0 Å². The van der Waals surface area contributed by atoms with Crippen molar-refractivity contribution in [1.82, 2.24) is 9.97 Å². The molecule has 1 amide bonds. The normalized spacial score (nSPS) is 17.7. The van der Waals surface area contributed by atoms with Crippen LogP contribution in [0.15, 0.2) is 59.8 Å². The molecule has 0 spiro atoms. The zero-order valence-electron chi connectivity index (χ0n) is 18.6. The lowest BCUT2D eigenvalue weighted by Crippen LogP contribution is -2.38. The number of hydrogen-bond donors (Lipinski definition) is 1. The SMILES string of the molecule is CCSc1ccc(CC(=O)Nc2cc(C)c3c(n2)CCC(C)(c2cccnc2)C3=O)cc1. The molecule has 1 atom stereocenters. The molecule has 164 valence electrons. The molecule has 1 N–H and O–H groups in total. The lowest BCUT2D eigenvalue weighted by molar-refractivity contribution is -0.115. The molecule has 0 saturated carbocycles. The van der Waals surface area contributed by atoms with Crippen molar-refractivity contribution in [3.63, 3.8) is 0 Å². The molecule has 4 rings (SSSR count). The van der Waals surface area contributed by atoms with E-state index in [0.29, 0.717) is 24.2 Å². The van der Waals surface area contributed by atoms with Gasteiger partial charge in [0.2, 0.25) is 5.91 Å². The number of aryl methyl sites for hydroxylation is 2. The maximum absolute atomic E-state index is 13.5. The van der Waals surface area contributed by atoms with E-state index in [2.05, 4.69) is 22.2 Å². The second-order valence-electron chi connectivity index (χ2n) is 8.35. The third-order valence-corrected chi connectivity index (χ3v) is 6.94. The van der Waals surface area contributed by atoms with Gasteiger partial charge in [0.1, 0.15) is 5.82 Å².